The molecule has 1 fully saturated rings. The Morgan fingerprint density at radius 1 is 1.06 bits per heavy atom. The average Bonchev–Trinajstić information content (AvgIpc) is 3.37. The van der Waals surface area contributed by atoms with E-state index in [2.05, 4.69) is 18.0 Å². The standard InChI is InChI=1S/C26H19ClN2O3S/c1-2-15-8-13-19-20(14-15)33-26(28-19)29-22(16-6-4-3-5-7-16)21(24(31)25(29)32)23(30)17-9-11-18(27)12-10-17/h3-14,22,30H,2H2,1H3/t22-/m1/s1. The van der Waals surface area contributed by atoms with Gasteiger partial charge in [0.2, 0.25) is 0 Å². The van der Waals surface area contributed by atoms with Crippen LogP contribution in [0.4, 0.5) is 5.13 Å². The first kappa shape index (κ1) is 21.4. The topological polar surface area (TPSA) is 70.5 Å². The van der Waals surface area contributed by atoms with Crippen LogP contribution in [0, 0.1) is 0 Å². The second-order valence-electron chi connectivity index (χ2n) is 7.74. The number of benzene rings is 3. The molecule has 0 saturated carbocycles. The van der Waals surface area contributed by atoms with Crippen molar-refractivity contribution < 1.29 is 14.7 Å². The number of carbonyl (C=O) groups excluding carboxylic acids is 2. The number of fused-ring (bicyclic) bond motifs is 1. The van der Waals surface area contributed by atoms with Gasteiger partial charge >= 0.3 is 5.91 Å². The number of anilines is 1. The molecule has 0 spiro atoms. The van der Waals surface area contributed by atoms with Crippen LogP contribution in [0.15, 0.2) is 78.4 Å². The number of hydrogen-bond acceptors (Lipinski definition) is 5. The van der Waals surface area contributed by atoms with Gasteiger partial charge in [-0.3, -0.25) is 14.5 Å². The summed E-state index contributed by atoms with van der Waals surface area (Å²) < 4.78 is 0.941. The number of thiazole rings is 1. The van der Waals surface area contributed by atoms with Gasteiger partial charge in [-0.05, 0) is 53.9 Å². The van der Waals surface area contributed by atoms with E-state index in [0.717, 1.165) is 16.6 Å². The molecule has 1 atom stereocenters. The van der Waals surface area contributed by atoms with E-state index in [4.69, 9.17) is 11.6 Å². The minimum Gasteiger partial charge on any atom is -0.507 e. The first-order chi connectivity index (χ1) is 16.0. The SMILES string of the molecule is CCc1ccc2nc(N3C(=O)C(=O)C(=C(O)c4ccc(Cl)cc4)[C@H]3c3ccccc3)sc2c1. The zero-order chi connectivity index (χ0) is 23.1. The summed E-state index contributed by atoms with van der Waals surface area (Å²) in [5, 5.41) is 12.1. The van der Waals surface area contributed by atoms with Crippen molar-refractivity contribution in [3.63, 3.8) is 0 Å². The quantitative estimate of drug-likeness (QED) is 0.219. The summed E-state index contributed by atoms with van der Waals surface area (Å²) in [6.07, 6.45) is 0.888. The van der Waals surface area contributed by atoms with Crippen molar-refractivity contribution in [2.24, 2.45) is 0 Å². The van der Waals surface area contributed by atoms with Crippen molar-refractivity contribution in [3.8, 4) is 0 Å². The van der Waals surface area contributed by atoms with Crippen LogP contribution in [0.2, 0.25) is 5.02 Å². The summed E-state index contributed by atoms with van der Waals surface area (Å²) in [4.78, 5) is 32.5. The number of carbonyl (C=O) groups is 2. The van der Waals surface area contributed by atoms with Gasteiger partial charge < -0.3 is 5.11 Å². The van der Waals surface area contributed by atoms with Crippen molar-refractivity contribution in [2.45, 2.75) is 19.4 Å². The first-order valence-electron chi connectivity index (χ1n) is 10.5. The number of amides is 1. The lowest BCUT2D eigenvalue weighted by molar-refractivity contribution is -0.132. The molecule has 1 saturated heterocycles. The lowest BCUT2D eigenvalue weighted by Crippen LogP contribution is -2.29. The fourth-order valence-electron chi connectivity index (χ4n) is 4.02. The molecule has 0 aliphatic carbocycles. The van der Waals surface area contributed by atoms with E-state index in [0.29, 0.717) is 21.3 Å². The molecule has 164 valence electrons. The Hall–Kier alpha value is -3.48. The number of aromatic nitrogens is 1. The van der Waals surface area contributed by atoms with E-state index in [1.807, 2.05) is 42.5 Å². The predicted octanol–water partition coefficient (Wildman–Crippen LogP) is 6.14. The maximum Gasteiger partial charge on any atom is 0.301 e. The number of aryl methyl sites for hydroxylation is 1. The Labute approximate surface area is 199 Å². The molecule has 2 heterocycles. The van der Waals surface area contributed by atoms with E-state index in [1.165, 1.54) is 21.8 Å². The van der Waals surface area contributed by atoms with Crippen LogP contribution >= 0.6 is 22.9 Å². The van der Waals surface area contributed by atoms with Gasteiger partial charge in [-0.25, -0.2) is 4.98 Å². The lowest BCUT2D eigenvalue weighted by Gasteiger charge is -2.22. The summed E-state index contributed by atoms with van der Waals surface area (Å²) >= 11 is 7.34. The molecular formula is C26H19ClN2O3S. The number of nitrogens with zero attached hydrogens (tertiary/aromatic N) is 2. The number of Topliss-reactive ketones (excluding diaryl/α,β-unsaturated/α-hetero) is 1. The van der Waals surface area contributed by atoms with Gasteiger partial charge in [0.15, 0.2) is 5.13 Å². The molecule has 1 aromatic heterocycles. The molecule has 1 N–H and O–H groups in total. The summed E-state index contributed by atoms with van der Waals surface area (Å²) in [7, 11) is 0. The Balaban J connectivity index is 1.71. The third-order valence-electron chi connectivity index (χ3n) is 5.73. The molecule has 0 radical (unpaired) electrons. The van der Waals surface area contributed by atoms with Gasteiger partial charge in [-0.2, -0.15) is 0 Å². The molecule has 1 aliphatic rings. The van der Waals surface area contributed by atoms with Crippen LogP contribution < -0.4 is 4.90 Å². The van der Waals surface area contributed by atoms with Crippen LogP contribution in [0.3, 0.4) is 0 Å². The summed E-state index contributed by atoms with van der Waals surface area (Å²) in [5.41, 5.74) is 3.08. The van der Waals surface area contributed by atoms with Crippen molar-refractivity contribution in [1.82, 2.24) is 4.98 Å². The average molecular weight is 475 g/mol. The van der Waals surface area contributed by atoms with Crippen LogP contribution in [0.25, 0.3) is 16.0 Å². The molecule has 4 aromatic rings. The van der Waals surface area contributed by atoms with Crippen molar-refractivity contribution in [3.05, 3.63) is 100 Å². The minimum absolute atomic E-state index is 0.0297. The highest BCUT2D eigenvalue weighted by molar-refractivity contribution is 7.22. The van der Waals surface area contributed by atoms with Crippen molar-refractivity contribution >= 4 is 55.7 Å². The Kier molecular flexibility index (Phi) is 5.48. The lowest BCUT2D eigenvalue weighted by atomic mass is 9.95. The summed E-state index contributed by atoms with van der Waals surface area (Å²) in [6.45, 7) is 2.08. The normalized spacial score (nSPS) is 17.8. The number of aliphatic hydroxyl groups is 1. The second-order valence-corrected chi connectivity index (χ2v) is 9.18. The van der Waals surface area contributed by atoms with Gasteiger partial charge in [0.1, 0.15) is 5.76 Å². The molecule has 1 aliphatic heterocycles. The Bertz CT molecular complexity index is 1410. The monoisotopic (exact) mass is 474 g/mol. The predicted molar refractivity (Wildman–Crippen MR) is 132 cm³/mol. The summed E-state index contributed by atoms with van der Waals surface area (Å²) in [6, 6.07) is 20.9. The van der Waals surface area contributed by atoms with Gasteiger partial charge in [-0.1, -0.05) is 66.3 Å². The maximum atomic E-state index is 13.3. The van der Waals surface area contributed by atoms with Gasteiger partial charge in [-0.15, -0.1) is 0 Å². The van der Waals surface area contributed by atoms with Crippen LogP contribution in [0.1, 0.15) is 29.7 Å². The second kappa shape index (κ2) is 8.46. The fourth-order valence-corrected chi connectivity index (χ4v) is 5.21. The zero-order valence-electron chi connectivity index (χ0n) is 17.7. The molecular weight excluding hydrogens is 456 g/mol. The Morgan fingerprint density at radius 3 is 2.48 bits per heavy atom. The first-order valence-corrected chi connectivity index (χ1v) is 11.7. The Morgan fingerprint density at radius 2 is 1.79 bits per heavy atom. The van der Waals surface area contributed by atoms with E-state index >= 15 is 0 Å². The van der Waals surface area contributed by atoms with Gasteiger partial charge in [0, 0.05) is 10.6 Å². The largest absolute Gasteiger partial charge is 0.507 e. The maximum absolute atomic E-state index is 13.3. The van der Waals surface area contributed by atoms with Crippen LogP contribution in [0.5, 0.6) is 0 Å². The molecule has 0 bridgehead atoms. The highest BCUT2D eigenvalue weighted by Gasteiger charge is 2.48. The minimum atomic E-state index is -0.798. The zero-order valence-corrected chi connectivity index (χ0v) is 19.2. The molecule has 1 amide bonds. The summed E-state index contributed by atoms with van der Waals surface area (Å²) in [5.74, 6) is -1.70. The van der Waals surface area contributed by atoms with E-state index in [-0.39, 0.29) is 11.3 Å². The third kappa shape index (κ3) is 3.71. The highest BCUT2D eigenvalue weighted by atomic mass is 35.5. The highest BCUT2D eigenvalue weighted by Crippen LogP contribution is 2.44. The van der Waals surface area contributed by atoms with Crippen molar-refractivity contribution in [1.29, 1.82) is 0 Å². The smallest absolute Gasteiger partial charge is 0.301 e. The van der Waals surface area contributed by atoms with E-state index in [1.54, 1.807) is 24.3 Å². The molecule has 5 nitrogen and oxygen atoms in total. The number of rotatable bonds is 4. The molecule has 5 rings (SSSR count). The number of hydrogen-bond donors (Lipinski definition) is 1. The molecule has 0 unspecified atom stereocenters. The van der Waals surface area contributed by atoms with E-state index in [9.17, 15) is 14.7 Å². The van der Waals surface area contributed by atoms with E-state index < -0.39 is 17.7 Å². The van der Waals surface area contributed by atoms with Crippen molar-refractivity contribution in [2.75, 3.05) is 4.90 Å². The number of ketones is 1. The molecule has 7 heteroatoms. The molecule has 3 aromatic carbocycles. The third-order valence-corrected chi connectivity index (χ3v) is 7.00. The number of aliphatic hydroxyl groups excluding tert-OH is 1. The van der Waals surface area contributed by atoms with Gasteiger partial charge in [0.05, 0.1) is 21.8 Å². The van der Waals surface area contributed by atoms with Crippen LogP contribution in [-0.4, -0.2) is 21.8 Å². The number of halogens is 1. The fraction of sp³-hybridized carbons (Fsp3) is 0.115. The van der Waals surface area contributed by atoms with Crippen LogP contribution in [-0.2, 0) is 16.0 Å². The van der Waals surface area contributed by atoms with Gasteiger partial charge in [0.25, 0.3) is 5.78 Å². The molecule has 33 heavy (non-hydrogen) atoms.